The molecular formula is C18H26N2O. The molecule has 1 aromatic heterocycles. The van der Waals surface area contributed by atoms with Gasteiger partial charge >= 0.3 is 0 Å². The van der Waals surface area contributed by atoms with E-state index >= 15 is 0 Å². The van der Waals surface area contributed by atoms with Gasteiger partial charge in [0.25, 0.3) is 0 Å². The Hall–Kier alpha value is -1.32. The number of benzene rings is 1. The monoisotopic (exact) mass is 286 g/mol. The van der Waals surface area contributed by atoms with E-state index in [0.717, 1.165) is 32.7 Å². The molecule has 2 aromatic rings. The third-order valence-corrected chi connectivity index (χ3v) is 4.31. The molecule has 1 aliphatic rings. The molecule has 0 saturated carbocycles. The van der Waals surface area contributed by atoms with E-state index in [-0.39, 0.29) is 0 Å². The fourth-order valence-corrected chi connectivity index (χ4v) is 3.12. The quantitative estimate of drug-likeness (QED) is 0.785. The summed E-state index contributed by atoms with van der Waals surface area (Å²) in [6.07, 6.45) is 7.45. The molecule has 1 N–H and O–H groups in total. The first-order valence-electron chi connectivity index (χ1n) is 8.27. The van der Waals surface area contributed by atoms with Crippen molar-refractivity contribution in [2.45, 2.75) is 51.8 Å². The number of aromatic nitrogens is 1. The van der Waals surface area contributed by atoms with Crippen LogP contribution < -0.4 is 5.32 Å². The fourth-order valence-electron chi connectivity index (χ4n) is 3.12. The van der Waals surface area contributed by atoms with Crippen LogP contribution in [0, 0.1) is 0 Å². The van der Waals surface area contributed by atoms with E-state index in [9.17, 15) is 0 Å². The Labute approximate surface area is 127 Å². The molecule has 0 bridgehead atoms. The molecule has 1 saturated heterocycles. The highest BCUT2D eigenvalue weighted by Gasteiger charge is 2.15. The zero-order chi connectivity index (χ0) is 14.5. The highest BCUT2D eigenvalue weighted by Crippen LogP contribution is 2.21. The van der Waals surface area contributed by atoms with Gasteiger partial charge in [-0.05, 0) is 61.4 Å². The number of hydrogen-bond acceptors (Lipinski definition) is 2. The van der Waals surface area contributed by atoms with E-state index in [1.165, 1.54) is 35.7 Å². The summed E-state index contributed by atoms with van der Waals surface area (Å²) >= 11 is 0. The summed E-state index contributed by atoms with van der Waals surface area (Å²) in [5, 5.41) is 4.81. The van der Waals surface area contributed by atoms with Gasteiger partial charge in [0.15, 0.2) is 0 Å². The average Bonchev–Trinajstić information content (AvgIpc) is 3.14. The maximum absolute atomic E-state index is 5.72. The molecule has 3 rings (SSSR count). The number of fused-ring (bicyclic) bond motifs is 1. The second kappa shape index (κ2) is 7.10. The van der Waals surface area contributed by atoms with Crippen molar-refractivity contribution in [3.8, 4) is 0 Å². The van der Waals surface area contributed by atoms with E-state index in [0.29, 0.717) is 6.10 Å². The van der Waals surface area contributed by atoms with Gasteiger partial charge < -0.3 is 14.6 Å². The van der Waals surface area contributed by atoms with Crippen molar-refractivity contribution in [2.24, 2.45) is 0 Å². The molecule has 114 valence electrons. The van der Waals surface area contributed by atoms with Gasteiger partial charge in [-0.2, -0.15) is 0 Å². The van der Waals surface area contributed by atoms with Gasteiger partial charge in [0, 0.05) is 31.4 Å². The summed E-state index contributed by atoms with van der Waals surface area (Å²) in [6.45, 7) is 6.25. The summed E-state index contributed by atoms with van der Waals surface area (Å²) in [6, 6.07) is 9.04. The number of ether oxygens (including phenoxy) is 1. The number of nitrogens with zero attached hydrogens (tertiary/aromatic N) is 1. The van der Waals surface area contributed by atoms with Crippen LogP contribution in [0.25, 0.3) is 10.9 Å². The topological polar surface area (TPSA) is 26.2 Å². The minimum atomic E-state index is 0.472. The van der Waals surface area contributed by atoms with Gasteiger partial charge in [0.05, 0.1) is 6.10 Å². The SMILES string of the molecule is CCCNCc1ccc2c(ccn2CCC2CCCO2)c1. The van der Waals surface area contributed by atoms with Crippen molar-refractivity contribution < 1.29 is 4.74 Å². The molecule has 1 fully saturated rings. The number of hydrogen-bond donors (Lipinski definition) is 1. The highest BCUT2D eigenvalue weighted by atomic mass is 16.5. The first kappa shape index (κ1) is 14.6. The van der Waals surface area contributed by atoms with Crippen LogP contribution in [-0.2, 0) is 17.8 Å². The maximum atomic E-state index is 5.72. The molecule has 1 aromatic carbocycles. The predicted molar refractivity (Wildman–Crippen MR) is 87.5 cm³/mol. The normalized spacial score (nSPS) is 18.6. The third-order valence-electron chi connectivity index (χ3n) is 4.31. The lowest BCUT2D eigenvalue weighted by Gasteiger charge is -2.11. The van der Waals surface area contributed by atoms with Gasteiger partial charge in [0.1, 0.15) is 0 Å². The number of rotatable bonds is 7. The van der Waals surface area contributed by atoms with E-state index in [1.54, 1.807) is 0 Å². The maximum Gasteiger partial charge on any atom is 0.0593 e. The predicted octanol–water partition coefficient (Wildman–Crippen LogP) is 3.71. The molecule has 0 aliphatic carbocycles. The van der Waals surface area contributed by atoms with Crippen molar-refractivity contribution in [3.63, 3.8) is 0 Å². The molecule has 0 radical (unpaired) electrons. The Balaban J connectivity index is 1.64. The standard InChI is InChI=1S/C18H26N2O/c1-2-9-19-14-15-5-6-18-16(13-15)7-10-20(18)11-8-17-4-3-12-21-17/h5-7,10,13,17,19H,2-4,8-9,11-12,14H2,1H3. The molecular weight excluding hydrogens is 260 g/mol. The van der Waals surface area contributed by atoms with E-state index < -0.39 is 0 Å². The molecule has 1 unspecified atom stereocenters. The van der Waals surface area contributed by atoms with Crippen LogP contribution in [0.3, 0.4) is 0 Å². The number of aryl methyl sites for hydroxylation is 1. The van der Waals surface area contributed by atoms with E-state index in [4.69, 9.17) is 4.74 Å². The second-order valence-electron chi connectivity index (χ2n) is 6.00. The first-order chi connectivity index (χ1) is 10.4. The molecule has 2 heterocycles. The summed E-state index contributed by atoms with van der Waals surface area (Å²) in [7, 11) is 0. The van der Waals surface area contributed by atoms with Crippen LogP contribution >= 0.6 is 0 Å². The molecule has 1 aliphatic heterocycles. The summed E-state index contributed by atoms with van der Waals surface area (Å²) in [5.41, 5.74) is 2.71. The summed E-state index contributed by atoms with van der Waals surface area (Å²) < 4.78 is 8.08. The highest BCUT2D eigenvalue weighted by molar-refractivity contribution is 5.80. The van der Waals surface area contributed by atoms with Crippen LogP contribution in [0.2, 0.25) is 0 Å². The average molecular weight is 286 g/mol. The van der Waals surface area contributed by atoms with Gasteiger partial charge in [0.2, 0.25) is 0 Å². The van der Waals surface area contributed by atoms with Crippen LogP contribution in [0.1, 0.15) is 38.2 Å². The lowest BCUT2D eigenvalue weighted by Crippen LogP contribution is -2.13. The first-order valence-corrected chi connectivity index (χ1v) is 8.27. The summed E-state index contributed by atoms with van der Waals surface area (Å²) in [5.74, 6) is 0. The van der Waals surface area contributed by atoms with Crippen LogP contribution in [-0.4, -0.2) is 23.8 Å². The van der Waals surface area contributed by atoms with Crippen molar-refractivity contribution >= 4 is 10.9 Å². The van der Waals surface area contributed by atoms with Crippen molar-refractivity contribution in [2.75, 3.05) is 13.2 Å². The minimum Gasteiger partial charge on any atom is -0.378 e. The fraction of sp³-hybridized carbons (Fsp3) is 0.556. The summed E-state index contributed by atoms with van der Waals surface area (Å²) in [4.78, 5) is 0. The lowest BCUT2D eigenvalue weighted by molar-refractivity contribution is 0.101. The third kappa shape index (κ3) is 3.66. The Morgan fingerprint density at radius 3 is 3.10 bits per heavy atom. The lowest BCUT2D eigenvalue weighted by atomic mass is 10.1. The molecule has 3 heteroatoms. The molecule has 1 atom stereocenters. The van der Waals surface area contributed by atoms with Crippen molar-refractivity contribution in [1.82, 2.24) is 9.88 Å². The second-order valence-corrected chi connectivity index (χ2v) is 6.00. The largest absolute Gasteiger partial charge is 0.378 e. The van der Waals surface area contributed by atoms with Gasteiger partial charge in [-0.3, -0.25) is 0 Å². The van der Waals surface area contributed by atoms with Gasteiger partial charge in [-0.1, -0.05) is 13.0 Å². The zero-order valence-corrected chi connectivity index (χ0v) is 13.0. The van der Waals surface area contributed by atoms with Crippen LogP contribution in [0.5, 0.6) is 0 Å². The van der Waals surface area contributed by atoms with Gasteiger partial charge in [-0.25, -0.2) is 0 Å². The smallest absolute Gasteiger partial charge is 0.0593 e. The Morgan fingerprint density at radius 1 is 1.33 bits per heavy atom. The van der Waals surface area contributed by atoms with E-state index in [2.05, 4.69) is 47.3 Å². The molecule has 0 spiro atoms. The van der Waals surface area contributed by atoms with Crippen LogP contribution in [0.4, 0.5) is 0 Å². The molecule has 0 amide bonds. The zero-order valence-electron chi connectivity index (χ0n) is 13.0. The van der Waals surface area contributed by atoms with Crippen LogP contribution in [0.15, 0.2) is 30.5 Å². The minimum absolute atomic E-state index is 0.472. The van der Waals surface area contributed by atoms with Crippen molar-refractivity contribution in [1.29, 1.82) is 0 Å². The molecule has 21 heavy (non-hydrogen) atoms. The Bertz CT molecular complexity index is 570. The molecule has 3 nitrogen and oxygen atoms in total. The van der Waals surface area contributed by atoms with E-state index in [1.807, 2.05) is 0 Å². The number of nitrogens with one attached hydrogen (secondary N) is 1. The Kier molecular flexibility index (Phi) is 4.94. The Morgan fingerprint density at radius 2 is 2.29 bits per heavy atom. The van der Waals surface area contributed by atoms with Crippen molar-refractivity contribution in [3.05, 3.63) is 36.0 Å². The van der Waals surface area contributed by atoms with Gasteiger partial charge in [-0.15, -0.1) is 0 Å².